The molecule has 1 amide bonds. The van der Waals surface area contributed by atoms with E-state index in [-0.39, 0.29) is 18.0 Å². The Balaban J connectivity index is 2.08. The lowest BCUT2D eigenvalue weighted by molar-refractivity contribution is -0.117. The van der Waals surface area contributed by atoms with Gasteiger partial charge in [0.05, 0.1) is 6.04 Å². The van der Waals surface area contributed by atoms with Crippen molar-refractivity contribution in [3.8, 4) is 11.1 Å². The first-order valence-corrected chi connectivity index (χ1v) is 9.59. The van der Waals surface area contributed by atoms with Crippen molar-refractivity contribution in [1.82, 2.24) is 5.32 Å². The highest BCUT2D eigenvalue weighted by atomic mass is 16.2. The molecule has 0 aromatic heterocycles. The third-order valence-electron chi connectivity index (χ3n) is 5.12. The lowest BCUT2D eigenvalue weighted by Crippen LogP contribution is -2.44. The monoisotopic (exact) mass is 360 g/mol. The van der Waals surface area contributed by atoms with Gasteiger partial charge < -0.3 is 10.2 Å². The topological polar surface area (TPSA) is 32.3 Å². The van der Waals surface area contributed by atoms with E-state index < -0.39 is 0 Å². The van der Waals surface area contributed by atoms with Gasteiger partial charge in [0.25, 0.3) is 0 Å². The molecule has 1 heterocycles. The van der Waals surface area contributed by atoms with Gasteiger partial charge in [0.1, 0.15) is 0 Å². The number of fused-ring (bicyclic) bond motifs is 1. The van der Waals surface area contributed by atoms with Crippen LogP contribution in [0, 0.1) is 0 Å². The first-order chi connectivity index (χ1) is 13.0. The molecule has 2 aromatic carbocycles. The molecule has 3 rings (SSSR count). The number of anilines is 1. The second-order valence-corrected chi connectivity index (χ2v) is 7.05. The molecule has 2 unspecified atom stereocenters. The fourth-order valence-electron chi connectivity index (χ4n) is 3.90. The lowest BCUT2D eigenvalue weighted by Gasteiger charge is -2.40. The molecular formula is C24H28N2O. The number of hydrogen-bond donors (Lipinski definition) is 1. The summed E-state index contributed by atoms with van der Waals surface area (Å²) in [6.07, 6.45) is 7.09. The van der Waals surface area contributed by atoms with Crippen LogP contribution >= 0.6 is 0 Å². The van der Waals surface area contributed by atoms with Crippen LogP contribution in [0.3, 0.4) is 0 Å². The highest BCUT2D eigenvalue weighted by Gasteiger charge is 2.32. The van der Waals surface area contributed by atoms with Gasteiger partial charge in [0.15, 0.2) is 0 Å². The fourth-order valence-corrected chi connectivity index (χ4v) is 3.90. The van der Waals surface area contributed by atoms with E-state index in [1.807, 2.05) is 30.9 Å². The predicted molar refractivity (Wildman–Crippen MR) is 114 cm³/mol. The number of rotatable bonds is 4. The second-order valence-electron chi connectivity index (χ2n) is 7.05. The molecule has 140 valence electrons. The molecule has 0 bridgehead atoms. The van der Waals surface area contributed by atoms with Crippen LogP contribution in [0.2, 0.25) is 0 Å². The van der Waals surface area contributed by atoms with Crippen LogP contribution in [0.25, 0.3) is 11.1 Å². The van der Waals surface area contributed by atoms with Gasteiger partial charge in [-0.2, -0.15) is 0 Å². The Morgan fingerprint density at radius 1 is 1.11 bits per heavy atom. The van der Waals surface area contributed by atoms with Crippen LogP contribution in [0.4, 0.5) is 5.69 Å². The van der Waals surface area contributed by atoms with Gasteiger partial charge in [0, 0.05) is 24.4 Å². The first kappa shape index (κ1) is 19.0. The average Bonchev–Trinajstić information content (AvgIpc) is 2.67. The molecule has 0 saturated carbocycles. The van der Waals surface area contributed by atoms with Gasteiger partial charge in [-0.1, -0.05) is 48.6 Å². The minimum absolute atomic E-state index is 0.0920. The summed E-state index contributed by atoms with van der Waals surface area (Å²) >= 11 is 0. The van der Waals surface area contributed by atoms with Crippen molar-refractivity contribution in [1.29, 1.82) is 0 Å². The highest BCUT2D eigenvalue weighted by Crippen LogP contribution is 2.40. The van der Waals surface area contributed by atoms with Crippen molar-refractivity contribution in [2.24, 2.45) is 0 Å². The maximum Gasteiger partial charge on any atom is 0.224 e. The summed E-state index contributed by atoms with van der Waals surface area (Å²) in [7, 11) is 0. The van der Waals surface area contributed by atoms with E-state index in [9.17, 15) is 4.79 Å². The van der Waals surface area contributed by atoms with Crippen LogP contribution in [-0.4, -0.2) is 11.9 Å². The molecule has 1 aliphatic heterocycles. The fraction of sp³-hybridized carbons (Fsp3) is 0.292. The van der Waals surface area contributed by atoms with Gasteiger partial charge in [-0.15, -0.1) is 0 Å². The van der Waals surface area contributed by atoms with Gasteiger partial charge in [-0.3, -0.25) is 4.79 Å². The van der Waals surface area contributed by atoms with Crippen molar-refractivity contribution < 1.29 is 4.79 Å². The Hall–Kier alpha value is -2.81. The van der Waals surface area contributed by atoms with Crippen molar-refractivity contribution in [2.75, 3.05) is 4.90 Å². The third-order valence-corrected chi connectivity index (χ3v) is 5.12. The molecule has 0 radical (unpaired) electrons. The Labute approximate surface area is 162 Å². The number of allylic oxidation sites excluding steroid dienone is 3. The highest BCUT2D eigenvalue weighted by molar-refractivity contribution is 5.94. The van der Waals surface area contributed by atoms with Crippen LogP contribution in [0.5, 0.6) is 0 Å². The summed E-state index contributed by atoms with van der Waals surface area (Å²) < 4.78 is 0. The molecule has 2 aromatic rings. The molecule has 1 N–H and O–H groups in total. The minimum Gasteiger partial charge on any atom is -0.378 e. The summed E-state index contributed by atoms with van der Waals surface area (Å²) in [5, 5.41) is 3.67. The normalized spacial score (nSPS) is 19.9. The first-order valence-electron chi connectivity index (χ1n) is 9.59. The van der Waals surface area contributed by atoms with E-state index in [0.29, 0.717) is 0 Å². The molecule has 27 heavy (non-hydrogen) atoms. The van der Waals surface area contributed by atoms with Crippen LogP contribution in [0.15, 0.2) is 72.5 Å². The van der Waals surface area contributed by atoms with E-state index in [4.69, 9.17) is 0 Å². The molecule has 0 aliphatic carbocycles. The number of hydrogen-bond acceptors (Lipinski definition) is 2. The number of nitrogens with zero attached hydrogens (tertiary/aromatic N) is 1. The van der Waals surface area contributed by atoms with E-state index >= 15 is 0 Å². The Bertz CT molecular complexity index is 867. The molecular weight excluding hydrogens is 332 g/mol. The zero-order valence-electron chi connectivity index (χ0n) is 16.6. The van der Waals surface area contributed by atoms with Crippen molar-refractivity contribution in [3.05, 3.63) is 78.0 Å². The predicted octanol–water partition coefficient (Wildman–Crippen LogP) is 5.61. The SMILES string of the molecule is C/C=C\C(=C/C)NC1CC(C)N(C(C)=O)c2ccc(-c3ccccc3)cc21. The average molecular weight is 361 g/mol. The van der Waals surface area contributed by atoms with E-state index in [0.717, 1.165) is 17.8 Å². The molecule has 3 nitrogen and oxygen atoms in total. The van der Waals surface area contributed by atoms with Gasteiger partial charge >= 0.3 is 0 Å². The Morgan fingerprint density at radius 3 is 2.48 bits per heavy atom. The number of nitrogens with one attached hydrogen (secondary N) is 1. The Kier molecular flexibility index (Phi) is 5.80. The molecule has 0 spiro atoms. The van der Waals surface area contributed by atoms with Crippen LogP contribution < -0.4 is 10.2 Å². The number of carbonyl (C=O) groups is 1. The van der Waals surface area contributed by atoms with Gasteiger partial charge in [0.2, 0.25) is 5.91 Å². The minimum atomic E-state index is 0.0920. The van der Waals surface area contributed by atoms with Crippen LogP contribution in [-0.2, 0) is 4.79 Å². The zero-order chi connectivity index (χ0) is 19.4. The Morgan fingerprint density at radius 2 is 1.85 bits per heavy atom. The maximum absolute atomic E-state index is 12.3. The smallest absolute Gasteiger partial charge is 0.224 e. The molecule has 0 fully saturated rings. The molecule has 2 atom stereocenters. The third kappa shape index (κ3) is 3.97. The lowest BCUT2D eigenvalue weighted by atomic mass is 9.89. The summed E-state index contributed by atoms with van der Waals surface area (Å²) in [5.74, 6) is 0.0920. The van der Waals surface area contributed by atoms with E-state index in [1.54, 1.807) is 6.92 Å². The second kappa shape index (κ2) is 8.26. The summed E-state index contributed by atoms with van der Waals surface area (Å²) in [6.45, 7) is 7.83. The van der Waals surface area contributed by atoms with Crippen LogP contribution in [0.1, 0.15) is 45.7 Å². The maximum atomic E-state index is 12.3. The molecule has 0 saturated heterocycles. The van der Waals surface area contributed by atoms with Gasteiger partial charge in [-0.25, -0.2) is 0 Å². The molecule has 3 heteroatoms. The number of carbonyl (C=O) groups excluding carboxylic acids is 1. The van der Waals surface area contributed by atoms with Crippen molar-refractivity contribution in [3.63, 3.8) is 0 Å². The van der Waals surface area contributed by atoms with Crippen molar-refractivity contribution >= 4 is 11.6 Å². The quantitative estimate of drug-likeness (QED) is 0.719. The largest absolute Gasteiger partial charge is 0.378 e. The van der Waals surface area contributed by atoms with E-state index in [2.05, 4.69) is 66.9 Å². The number of benzene rings is 2. The van der Waals surface area contributed by atoms with Gasteiger partial charge in [-0.05, 0) is 62.1 Å². The summed E-state index contributed by atoms with van der Waals surface area (Å²) in [6, 6.07) is 17.1. The molecule has 1 aliphatic rings. The number of amides is 1. The van der Waals surface area contributed by atoms with E-state index in [1.165, 1.54) is 16.7 Å². The zero-order valence-corrected chi connectivity index (χ0v) is 16.6. The summed E-state index contributed by atoms with van der Waals surface area (Å²) in [4.78, 5) is 14.2. The van der Waals surface area contributed by atoms with Crippen molar-refractivity contribution in [2.45, 2.75) is 46.2 Å². The standard InChI is InChI=1S/C24H28N2O/c1-5-10-21(6-2)25-23-15-17(3)26(18(4)27)24-14-13-20(16-22(23)24)19-11-8-7-9-12-19/h5-14,16-17,23,25H,15H2,1-4H3/b10-5-,21-6+. The summed E-state index contributed by atoms with van der Waals surface area (Å²) in [5.41, 5.74) is 5.64.